The van der Waals surface area contributed by atoms with Crippen LogP contribution in [0, 0.1) is 0 Å². The maximum absolute atomic E-state index is 12.3. The molecule has 1 aliphatic heterocycles. The smallest absolute Gasteiger partial charge is 0.337 e. The molecule has 1 amide bonds. The monoisotopic (exact) mass is 380 g/mol. The molecule has 1 aliphatic rings. The van der Waals surface area contributed by atoms with E-state index >= 15 is 0 Å². The Kier molecular flexibility index (Phi) is 6.26. The molecular weight excluding hydrogens is 356 g/mol. The van der Waals surface area contributed by atoms with Gasteiger partial charge < -0.3 is 20.3 Å². The molecule has 0 radical (unpaired) electrons. The maximum Gasteiger partial charge on any atom is 0.337 e. The van der Waals surface area contributed by atoms with Gasteiger partial charge in [0.2, 0.25) is 5.91 Å². The Hall–Kier alpha value is -3.35. The van der Waals surface area contributed by atoms with Gasteiger partial charge in [0.1, 0.15) is 0 Å². The number of carbonyl (C=O) groups excluding carboxylic acids is 2. The molecule has 7 nitrogen and oxygen atoms in total. The van der Waals surface area contributed by atoms with Crippen LogP contribution in [0.4, 0.5) is 5.69 Å². The number of esters is 1. The predicted molar refractivity (Wildman–Crippen MR) is 108 cm³/mol. The average molecular weight is 380 g/mol. The summed E-state index contributed by atoms with van der Waals surface area (Å²) in [7, 11) is 3.06. The van der Waals surface area contributed by atoms with E-state index in [1.54, 1.807) is 24.1 Å². The number of aliphatic imine (C=N–C) groups is 1. The van der Waals surface area contributed by atoms with Gasteiger partial charge in [0, 0.05) is 32.2 Å². The lowest BCUT2D eigenvalue weighted by Gasteiger charge is -2.19. The number of amides is 1. The number of carbonyl (C=O) groups is 2. The summed E-state index contributed by atoms with van der Waals surface area (Å²) >= 11 is 0. The molecule has 2 aromatic rings. The number of ether oxygens (including phenoxy) is 1. The second kappa shape index (κ2) is 9.03. The van der Waals surface area contributed by atoms with E-state index in [1.807, 2.05) is 42.5 Å². The second-order valence-electron chi connectivity index (χ2n) is 6.50. The summed E-state index contributed by atoms with van der Waals surface area (Å²) in [5.74, 6) is 0.369. The van der Waals surface area contributed by atoms with Crippen LogP contribution in [0.25, 0.3) is 0 Å². The first kappa shape index (κ1) is 19.4. The van der Waals surface area contributed by atoms with Gasteiger partial charge in [-0.15, -0.1) is 0 Å². The number of anilines is 1. The first-order valence-corrected chi connectivity index (χ1v) is 9.10. The molecule has 1 heterocycles. The predicted octanol–water partition coefficient (Wildman–Crippen LogP) is 1.94. The number of rotatable bonds is 5. The minimum Gasteiger partial charge on any atom is -0.465 e. The van der Waals surface area contributed by atoms with E-state index in [-0.39, 0.29) is 17.9 Å². The van der Waals surface area contributed by atoms with Crippen LogP contribution in [0.3, 0.4) is 0 Å². The van der Waals surface area contributed by atoms with E-state index in [0.29, 0.717) is 31.0 Å². The molecule has 1 fully saturated rings. The second-order valence-corrected chi connectivity index (χ2v) is 6.50. The van der Waals surface area contributed by atoms with Gasteiger partial charge in [-0.05, 0) is 29.8 Å². The molecule has 0 saturated carbocycles. The first-order valence-electron chi connectivity index (χ1n) is 9.10. The Morgan fingerprint density at radius 1 is 1.18 bits per heavy atom. The van der Waals surface area contributed by atoms with E-state index in [9.17, 15) is 9.59 Å². The average Bonchev–Trinajstić information content (AvgIpc) is 3.11. The van der Waals surface area contributed by atoms with Crippen molar-refractivity contribution in [3.63, 3.8) is 0 Å². The highest BCUT2D eigenvalue weighted by atomic mass is 16.5. The zero-order chi connectivity index (χ0) is 19.9. The summed E-state index contributed by atoms with van der Waals surface area (Å²) in [4.78, 5) is 29.8. The van der Waals surface area contributed by atoms with Gasteiger partial charge in [-0.3, -0.25) is 9.79 Å². The van der Waals surface area contributed by atoms with Crippen LogP contribution in [0.1, 0.15) is 22.3 Å². The number of hydrogen-bond donors (Lipinski definition) is 2. The highest BCUT2D eigenvalue weighted by Gasteiger charge is 2.30. The van der Waals surface area contributed by atoms with Crippen molar-refractivity contribution in [1.82, 2.24) is 10.6 Å². The summed E-state index contributed by atoms with van der Waals surface area (Å²) in [6.07, 6.45) is 0.420. The summed E-state index contributed by atoms with van der Waals surface area (Å²) in [6, 6.07) is 16.8. The van der Waals surface area contributed by atoms with E-state index in [4.69, 9.17) is 4.74 Å². The van der Waals surface area contributed by atoms with Crippen molar-refractivity contribution in [2.45, 2.75) is 19.0 Å². The standard InChI is InChI=1S/C21H24N4O3/c1-22-21(23-13-15-8-10-16(11-9-15)20(27)28-2)24-17-12-19(26)25(14-17)18-6-4-3-5-7-18/h3-11,17H,12-14H2,1-2H3,(H2,22,23,24). The molecule has 3 rings (SSSR count). The Morgan fingerprint density at radius 3 is 2.54 bits per heavy atom. The molecule has 1 saturated heterocycles. The quantitative estimate of drug-likeness (QED) is 0.471. The van der Waals surface area contributed by atoms with Crippen molar-refractivity contribution in [2.24, 2.45) is 4.99 Å². The lowest BCUT2D eigenvalue weighted by molar-refractivity contribution is -0.117. The van der Waals surface area contributed by atoms with Crippen LogP contribution in [0.15, 0.2) is 59.6 Å². The zero-order valence-corrected chi connectivity index (χ0v) is 16.0. The minimum absolute atomic E-state index is 0.0133. The SMILES string of the molecule is CN=C(NCc1ccc(C(=O)OC)cc1)NC1CC(=O)N(c2ccccc2)C1. The van der Waals surface area contributed by atoms with Gasteiger partial charge in [-0.1, -0.05) is 30.3 Å². The molecule has 146 valence electrons. The molecule has 2 aromatic carbocycles. The Balaban J connectivity index is 1.54. The number of para-hydroxylation sites is 1. The third-order valence-electron chi connectivity index (χ3n) is 4.59. The molecule has 0 bridgehead atoms. The minimum atomic E-state index is -0.356. The largest absolute Gasteiger partial charge is 0.465 e. The van der Waals surface area contributed by atoms with Crippen molar-refractivity contribution in [3.8, 4) is 0 Å². The van der Waals surface area contributed by atoms with Gasteiger partial charge in [0.25, 0.3) is 0 Å². The molecule has 7 heteroatoms. The van der Waals surface area contributed by atoms with E-state index in [2.05, 4.69) is 15.6 Å². The Bertz CT molecular complexity index is 850. The molecule has 0 aromatic heterocycles. The first-order chi connectivity index (χ1) is 13.6. The van der Waals surface area contributed by atoms with Gasteiger partial charge in [0.05, 0.1) is 18.7 Å². The van der Waals surface area contributed by atoms with Crippen molar-refractivity contribution >= 4 is 23.5 Å². The van der Waals surface area contributed by atoms with Gasteiger partial charge in [0.15, 0.2) is 5.96 Å². The third kappa shape index (κ3) is 4.68. The topological polar surface area (TPSA) is 83.0 Å². The van der Waals surface area contributed by atoms with Crippen LogP contribution >= 0.6 is 0 Å². The molecule has 0 spiro atoms. The molecule has 28 heavy (non-hydrogen) atoms. The van der Waals surface area contributed by atoms with Crippen molar-refractivity contribution in [3.05, 3.63) is 65.7 Å². The normalized spacial score (nSPS) is 16.8. The fourth-order valence-electron chi connectivity index (χ4n) is 3.11. The van der Waals surface area contributed by atoms with Gasteiger partial charge >= 0.3 is 5.97 Å². The van der Waals surface area contributed by atoms with Crippen molar-refractivity contribution in [1.29, 1.82) is 0 Å². The van der Waals surface area contributed by atoms with Crippen LogP contribution in [-0.2, 0) is 16.1 Å². The molecular formula is C21H24N4O3. The molecule has 2 N–H and O–H groups in total. The number of nitrogens with one attached hydrogen (secondary N) is 2. The zero-order valence-electron chi connectivity index (χ0n) is 16.0. The lowest BCUT2D eigenvalue weighted by atomic mass is 10.1. The maximum atomic E-state index is 12.3. The summed E-state index contributed by atoms with van der Waals surface area (Å²) in [5, 5.41) is 6.54. The van der Waals surface area contributed by atoms with Crippen molar-refractivity contribution < 1.29 is 14.3 Å². The lowest BCUT2D eigenvalue weighted by Crippen LogP contribution is -2.44. The number of nitrogens with zero attached hydrogens (tertiary/aromatic N) is 2. The fraction of sp³-hybridized carbons (Fsp3) is 0.286. The summed E-state index contributed by atoms with van der Waals surface area (Å²) < 4.78 is 4.70. The van der Waals surface area contributed by atoms with Crippen LogP contribution in [-0.4, -0.2) is 44.6 Å². The molecule has 1 atom stereocenters. The fourth-order valence-corrected chi connectivity index (χ4v) is 3.11. The summed E-state index contributed by atoms with van der Waals surface area (Å²) in [6.45, 7) is 1.14. The van der Waals surface area contributed by atoms with Crippen molar-refractivity contribution in [2.75, 3.05) is 25.6 Å². The Labute approximate surface area is 164 Å². The van der Waals surface area contributed by atoms with E-state index < -0.39 is 0 Å². The Morgan fingerprint density at radius 2 is 1.89 bits per heavy atom. The highest BCUT2D eigenvalue weighted by Crippen LogP contribution is 2.20. The third-order valence-corrected chi connectivity index (χ3v) is 4.59. The molecule has 0 aliphatic carbocycles. The number of hydrogen-bond acceptors (Lipinski definition) is 4. The van der Waals surface area contributed by atoms with Gasteiger partial charge in [-0.2, -0.15) is 0 Å². The summed E-state index contributed by atoms with van der Waals surface area (Å²) in [5.41, 5.74) is 2.42. The molecule has 1 unspecified atom stereocenters. The van der Waals surface area contributed by atoms with E-state index in [1.165, 1.54) is 7.11 Å². The van der Waals surface area contributed by atoms with Gasteiger partial charge in [-0.25, -0.2) is 4.79 Å². The van der Waals surface area contributed by atoms with Crippen LogP contribution in [0.5, 0.6) is 0 Å². The highest BCUT2D eigenvalue weighted by molar-refractivity contribution is 5.97. The number of methoxy groups -OCH3 is 1. The van der Waals surface area contributed by atoms with E-state index in [0.717, 1.165) is 11.3 Å². The van der Waals surface area contributed by atoms with Crippen LogP contribution in [0.2, 0.25) is 0 Å². The van der Waals surface area contributed by atoms with Crippen LogP contribution < -0.4 is 15.5 Å². The number of guanidine groups is 1. The number of benzene rings is 2.